The number of carbonyl (C=O) groups is 1. The van der Waals surface area contributed by atoms with Gasteiger partial charge in [-0.3, -0.25) is 4.89 Å². The first-order chi connectivity index (χ1) is 12.8. The standard InChI is InChI=1S/C14H8.C8H16O4/c1-2-6-10-9(5-1)13-11-7-3-4-8-12(11)14(10)13;1-2-3-4-5-6-7-8(9)11-12-10/h1-8H;10H,2-7H2,1H3. The first kappa shape index (κ1) is 18.4. The van der Waals surface area contributed by atoms with Gasteiger partial charge >= 0.3 is 5.97 Å². The van der Waals surface area contributed by atoms with Gasteiger partial charge in [0.15, 0.2) is 0 Å². The molecule has 0 radical (unpaired) electrons. The number of hydrogen-bond acceptors (Lipinski definition) is 4. The SMILES string of the molecule is CCCCCCCC(=O)OOO.c1ccc2c3c4ccccc4c-3c2c1. The largest absolute Gasteiger partial charge is 0.345 e. The van der Waals surface area contributed by atoms with Crippen LogP contribution in [-0.4, -0.2) is 11.2 Å². The van der Waals surface area contributed by atoms with Crippen molar-refractivity contribution >= 4 is 27.5 Å². The van der Waals surface area contributed by atoms with Gasteiger partial charge in [-0.15, -0.1) is 0 Å². The van der Waals surface area contributed by atoms with Crippen LogP contribution in [0.5, 0.6) is 0 Å². The molecule has 2 aromatic rings. The molecule has 0 amide bonds. The molecule has 1 N–H and O–H groups in total. The van der Waals surface area contributed by atoms with Crippen LogP contribution in [0.3, 0.4) is 0 Å². The Kier molecular flexibility index (Phi) is 6.21. The highest BCUT2D eigenvalue weighted by atomic mass is 17.5. The molecule has 0 fully saturated rings. The topological polar surface area (TPSA) is 55.8 Å². The number of fused-ring (bicyclic) bond motifs is 7. The minimum absolute atomic E-state index is 0.310. The van der Waals surface area contributed by atoms with E-state index in [4.69, 9.17) is 5.26 Å². The Morgan fingerprint density at radius 2 is 1.27 bits per heavy atom. The summed E-state index contributed by atoms with van der Waals surface area (Å²) in [4.78, 5) is 14.4. The summed E-state index contributed by atoms with van der Waals surface area (Å²) >= 11 is 0. The third-order valence-electron chi connectivity index (χ3n) is 4.80. The van der Waals surface area contributed by atoms with Crippen LogP contribution >= 0.6 is 0 Å². The van der Waals surface area contributed by atoms with Gasteiger partial charge in [0.1, 0.15) is 0 Å². The molecule has 0 aliphatic heterocycles. The molecular formula is C22H24O4. The molecule has 2 aliphatic rings. The molecule has 0 heterocycles. The molecule has 0 spiro atoms. The van der Waals surface area contributed by atoms with Crippen molar-refractivity contribution in [1.29, 1.82) is 0 Å². The zero-order valence-corrected chi connectivity index (χ0v) is 15.0. The monoisotopic (exact) mass is 352 g/mol. The molecular weight excluding hydrogens is 328 g/mol. The number of hydrogen-bond donors (Lipinski definition) is 1. The Morgan fingerprint density at radius 3 is 1.69 bits per heavy atom. The lowest BCUT2D eigenvalue weighted by atomic mass is 9.76. The lowest BCUT2D eigenvalue weighted by molar-refractivity contribution is -0.462. The molecule has 0 bridgehead atoms. The van der Waals surface area contributed by atoms with Gasteiger partial charge in [0.2, 0.25) is 0 Å². The van der Waals surface area contributed by atoms with Crippen LogP contribution in [-0.2, 0) is 14.7 Å². The van der Waals surface area contributed by atoms with Crippen LogP contribution in [0.1, 0.15) is 45.4 Å². The highest BCUT2D eigenvalue weighted by Crippen LogP contribution is 2.53. The van der Waals surface area contributed by atoms with Crippen LogP contribution in [0.2, 0.25) is 0 Å². The van der Waals surface area contributed by atoms with E-state index in [1.54, 1.807) is 0 Å². The van der Waals surface area contributed by atoms with E-state index in [9.17, 15) is 4.79 Å². The maximum absolute atomic E-state index is 10.6. The summed E-state index contributed by atoms with van der Waals surface area (Å²) in [5.74, 6) is -0.519. The average Bonchev–Trinajstić information content (AvgIpc) is 2.62. The van der Waals surface area contributed by atoms with Gasteiger partial charge in [-0.2, -0.15) is 0 Å². The minimum atomic E-state index is -0.519. The molecule has 26 heavy (non-hydrogen) atoms. The maximum Gasteiger partial charge on any atom is 0.345 e. The van der Waals surface area contributed by atoms with Gasteiger partial charge in [0.25, 0.3) is 0 Å². The number of carbonyl (C=O) groups excluding carboxylic acids is 1. The van der Waals surface area contributed by atoms with Crippen LogP contribution in [0.25, 0.3) is 32.7 Å². The van der Waals surface area contributed by atoms with E-state index in [2.05, 4.69) is 65.4 Å². The normalized spacial score (nSPS) is 11.2. The highest BCUT2D eigenvalue weighted by molar-refractivity contribution is 6.35. The molecule has 4 rings (SSSR count). The predicted molar refractivity (Wildman–Crippen MR) is 104 cm³/mol. The van der Waals surface area contributed by atoms with E-state index in [0.717, 1.165) is 19.3 Å². The van der Waals surface area contributed by atoms with Crippen LogP contribution < -0.4 is 0 Å². The van der Waals surface area contributed by atoms with Gasteiger partial charge in [-0.25, -0.2) is 10.1 Å². The van der Waals surface area contributed by atoms with Crippen molar-refractivity contribution in [2.75, 3.05) is 0 Å². The van der Waals surface area contributed by atoms with Crippen molar-refractivity contribution < 1.29 is 20.0 Å². The van der Waals surface area contributed by atoms with Gasteiger partial charge in [0, 0.05) is 6.42 Å². The van der Waals surface area contributed by atoms with Crippen molar-refractivity contribution in [1.82, 2.24) is 0 Å². The van der Waals surface area contributed by atoms with Crippen molar-refractivity contribution in [3.05, 3.63) is 48.5 Å². The Labute approximate surface area is 153 Å². The third-order valence-corrected chi connectivity index (χ3v) is 4.80. The molecule has 0 saturated carbocycles. The zero-order valence-electron chi connectivity index (χ0n) is 15.0. The van der Waals surface area contributed by atoms with E-state index < -0.39 is 5.97 Å². The highest BCUT2D eigenvalue weighted by Gasteiger charge is 2.25. The lowest BCUT2D eigenvalue weighted by Gasteiger charge is -2.26. The van der Waals surface area contributed by atoms with Crippen LogP contribution in [0.15, 0.2) is 48.5 Å². The molecule has 0 aromatic heterocycles. The zero-order chi connectivity index (χ0) is 18.4. The smallest absolute Gasteiger partial charge is 0.269 e. The quantitative estimate of drug-likeness (QED) is 0.184. The van der Waals surface area contributed by atoms with E-state index in [1.807, 2.05) is 0 Å². The Bertz CT molecular complexity index is 784. The molecule has 2 aromatic carbocycles. The molecule has 0 unspecified atom stereocenters. The number of benzene rings is 3. The van der Waals surface area contributed by atoms with E-state index in [0.29, 0.717) is 6.42 Å². The van der Waals surface area contributed by atoms with E-state index in [-0.39, 0.29) is 0 Å². The Balaban J connectivity index is 0.000000154. The van der Waals surface area contributed by atoms with Gasteiger partial charge in [-0.1, -0.05) is 81.1 Å². The average molecular weight is 352 g/mol. The fraction of sp³-hybridized carbons (Fsp3) is 0.318. The van der Waals surface area contributed by atoms with Gasteiger partial charge in [-0.05, 0) is 44.1 Å². The second-order valence-corrected chi connectivity index (χ2v) is 6.54. The fourth-order valence-electron chi connectivity index (χ4n) is 3.50. The summed E-state index contributed by atoms with van der Waals surface area (Å²) < 4.78 is 0. The predicted octanol–water partition coefficient (Wildman–Crippen LogP) is 6.27. The Hall–Kier alpha value is -2.43. The van der Waals surface area contributed by atoms with Crippen molar-refractivity contribution in [3.63, 3.8) is 0 Å². The van der Waals surface area contributed by atoms with Crippen molar-refractivity contribution in [2.45, 2.75) is 45.4 Å². The van der Waals surface area contributed by atoms with Crippen LogP contribution in [0.4, 0.5) is 0 Å². The first-order valence-corrected chi connectivity index (χ1v) is 9.22. The van der Waals surface area contributed by atoms with Gasteiger partial charge in [0.05, 0.1) is 0 Å². The van der Waals surface area contributed by atoms with E-state index >= 15 is 0 Å². The molecule has 0 saturated heterocycles. The van der Waals surface area contributed by atoms with Gasteiger partial charge < -0.3 is 0 Å². The molecule has 4 heteroatoms. The Morgan fingerprint density at radius 1 is 0.808 bits per heavy atom. The summed E-state index contributed by atoms with van der Waals surface area (Å²) in [6.07, 6.45) is 5.65. The second kappa shape index (κ2) is 8.79. The summed E-state index contributed by atoms with van der Waals surface area (Å²) in [6, 6.07) is 17.3. The lowest BCUT2D eigenvalue weighted by Crippen LogP contribution is -2.02. The molecule has 136 valence electrons. The minimum Gasteiger partial charge on any atom is -0.269 e. The van der Waals surface area contributed by atoms with Crippen molar-refractivity contribution in [2.24, 2.45) is 0 Å². The van der Waals surface area contributed by atoms with E-state index in [1.165, 1.54) is 45.5 Å². The summed E-state index contributed by atoms with van der Waals surface area (Å²) in [5, 5.41) is 16.7. The third kappa shape index (κ3) is 3.71. The van der Waals surface area contributed by atoms with Crippen molar-refractivity contribution in [3.8, 4) is 11.1 Å². The maximum atomic E-state index is 10.6. The summed E-state index contributed by atoms with van der Waals surface area (Å²) in [6.45, 7) is 2.13. The molecule has 4 nitrogen and oxygen atoms in total. The first-order valence-electron chi connectivity index (χ1n) is 9.22. The summed E-state index contributed by atoms with van der Waals surface area (Å²) in [5.41, 5.74) is 2.97. The second-order valence-electron chi connectivity index (χ2n) is 6.54. The molecule has 2 aliphatic carbocycles. The molecule has 0 atom stereocenters. The fourth-order valence-corrected chi connectivity index (χ4v) is 3.50. The van der Waals surface area contributed by atoms with Crippen LogP contribution in [0, 0.1) is 0 Å². The summed E-state index contributed by atoms with van der Waals surface area (Å²) in [7, 11) is 0. The number of rotatable bonds is 7. The number of unbranched alkanes of at least 4 members (excludes halogenated alkanes) is 4.